The van der Waals surface area contributed by atoms with Gasteiger partial charge in [-0.25, -0.2) is 0 Å². The average Bonchev–Trinajstić information content (AvgIpc) is 2.36. The molecule has 0 radical (unpaired) electrons. The van der Waals surface area contributed by atoms with Gasteiger partial charge in [-0.2, -0.15) is 0 Å². The third-order valence-electron chi connectivity index (χ3n) is 2.78. The van der Waals surface area contributed by atoms with Crippen LogP contribution in [0.2, 0.25) is 0 Å². The Bertz CT molecular complexity index is 413. The minimum Gasteiger partial charge on any atom is -0.388 e. The number of nitrogens with zero attached hydrogens (tertiary/aromatic N) is 1. The number of nitro groups is 1. The largest absolute Gasteiger partial charge is 0.388 e. The van der Waals surface area contributed by atoms with Gasteiger partial charge in [0.15, 0.2) is 0 Å². The third kappa shape index (κ3) is 3.10. The predicted octanol–water partition coefficient (Wildman–Crippen LogP) is 2.24. The summed E-state index contributed by atoms with van der Waals surface area (Å²) in [5.41, 5.74) is 0.486. The maximum Gasteiger partial charge on any atom is 0.269 e. The van der Waals surface area contributed by atoms with Gasteiger partial charge in [-0.1, -0.05) is 13.8 Å². The number of Topliss-reactive ketones (excluding diaryl/α,β-unsaturated/α-hetero) is 1. The Morgan fingerprint density at radius 3 is 2.35 bits per heavy atom. The lowest BCUT2D eigenvalue weighted by molar-refractivity contribution is -0.384. The quantitative estimate of drug-likeness (QED) is 0.629. The highest BCUT2D eigenvalue weighted by molar-refractivity contribution is 5.81. The van der Waals surface area contributed by atoms with Gasteiger partial charge >= 0.3 is 0 Å². The number of aliphatic hydroxyl groups excluding tert-OH is 1. The van der Waals surface area contributed by atoms with Gasteiger partial charge in [0.05, 0.1) is 11.0 Å². The summed E-state index contributed by atoms with van der Waals surface area (Å²) in [6, 6.07) is 5.59. The van der Waals surface area contributed by atoms with Crippen LogP contribution in [0.5, 0.6) is 0 Å². The van der Waals surface area contributed by atoms with Crippen LogP contribution in [0.15, 0.2) is 24.3 Å². The summed E-state index contributed by atoms with van der Waals surface area (Å²) in [6.07, 6.45) is -0.547. The van der Waals surface area contributed by atoms with E-state index in [4.69, 9.17) is 0 Å². The number of carbonyl (C=O) groups excluding carboxylic acids is 1. The van der Waals surface area contributed by atoms with Gasteiger partial charge in [-0.15, -0.1) is 0 Å². The predicted molar refractivity (Wildman–Crippen MR) is 62.5 cm³/mol. The van der Waals surface area contributed by atoms with Gasteiger partial charge in [0.1, 0.15) is 5.78 Å². The summed E-state index contributed by atoms with van der Waals surface area (Å²) in [5, 5.41) is 20.4. The van der Waals surface area contributed by atoms with Crippen LogP contribution in [0.4, 0.5) is 5.69 Å². The van der Waals surface area contributed by atoms with Crippen molar-refractivity contribution in [2.45, 2.75) is 26.4 Å². The van der Waals surface area contributed by atoms with Crippen LogP contribution in [0.1, 0.15) is 31.9 Å². The lowest BCUT2D eigenvalue weighted by atomic mass is 9.92. The molecular weight excluding hydrogens is 222 g/mol. The molecule has 1 aromatic rings. The van der Waals surface area contributed by atoms with E-state index in [9.17, 15) is 20.0 Å². The number of hydrogen-bond acceptors (Lipinski definition) is 4. The molecule has 0 amide bonds. The minimum absolute atomic E-state index is 0.0316. The first kappa shape index (κ1) is 13.3. The molecule has 0 saturated carbocycles. The number of carbonyl (C=O) groups is 1. The maximum absolute atomic E-state index is 11.4. The fourth-order valence-electron chi connectivity index (χ4n) is 1.58. The van der Waals surface area contributed by atoms with Crippen molar-refractivity contribution >= 4 is 11.5 Å². The van der Waals surface area contributed by atoms with E-state index >= 15 is 0 Å². The molecule has 5 heteroatoms. The summed E-state index contributed by atoms with van der Waals surface area (Å²) < 4.78 is 0. The van der Waals surface area contributed by atoms with E-state index in [0.29, 0.717) is 12.0 Å². The fraction of sp³-hybridized carbons (Fsp3) is 0.417. The van der Waals surface area contributed by atoms with E-state index in [1.165, 1.54) is 24.3 Å². The van der Waals surface area contributed by atoms with Crippen molar-refractivity contribution in [2.75, 3.05) is 0 Å². The molecule has 0 heterocycles. The number of rotatable bonds is 5. The molecule has 2 unspecified atom stereocenters. The number of benzene rings is 1. The zero-order chi connectivity index (χ0) is 13.0. The zero-order valence-corrected chi connectivity index (χ0v) is 9.79. The highest BCUT2D eigenvalue weighted by Gasteiger charge is 2.22. The van der Waals surface area contributed by atoms with Crippen molar-refractivity contribution in [2.24, 2.45) is 5.92 Å². The van der Waals surface area contributed by atoms with Gasteiger partial charge in [0, 0.05) is 24.5 Å². The summed E-state index contributed by atoms with van der Waals surface area (Å²) in [6.45, 7) is 3.39. The second-order valence-electron chi connectivity index (χ2n) is 3.90. The van der Waals surface area contributed by atoms with Crippen molar-refractivity contribution < 1.29 is 14.8 Å². The second-order valence-corrected chi connectivity index (χ2v) is 3.90. The molecule has 0 aliphatic carbocycles. The number of nitro benzene ring substituents is 1. The van der Waals surface area contributed by atoms with Crippen LogP contribution in [0.3, 0.4) is 0 Å². The first-order valence-corrected chi connectivity index (χ1v) is 5.42. The number of ketones is 1. The molecule has 1 N–H and O–H groups in total. The van der Waals surface area contributed by atoms with E-state index < -0.39 is 16.9 Å². The molecule has 1 rings (SSSR count). The number of hydrogen-bond donors (Lipinski definition) is 1. The van der Waals surface area contributed by atoms with Crippen molar-refractivity contribution in [1.29, 1.82) is 0 Å². The fourth-order valence-corrected chi connectivity index (χ4v) is 1.58. The van der Waals surface area contributed by atoms with Gasteiger partial charge in [-0.3, -0.25) is 14.9 Å². The number of aliphatic hydroxyl groups is 1. The molecule has 17 heavy (non-hydrogen) atoms. The molecule has 0 saturated heterocycles. The topological polar surface area (TPSA) is 80.4 Å². The monoisotopic (exact) mass is 237 g/mol. The van der Waals surface area contributed by atoms with E-state index in [0.717, 1.165) is 0 Å². The van der Waals surface area contributed by atoms with Crippen LogP contribution in [-0.2, 0) is 4.79 Å². The molecule has 0 fully saturated rings. The second kappa shape index (κ2) is 5.54. The molecule has 0 bridgehead atoms. The van der Waals surface area contributed by atoms with E-state index in [1.807, 2.05) is 0 Å². The normalized spacial score (nSPS) is 14.1. The third-order valence-corrected chi connectivity index (χ3v) is 2.78. The van der Waals surface area contributed by atoms with Crippen molar-refractivity contribution in [1.82, 2.24) is 0 Å². The Hall–Kier alpha value is -1.75. The molecular formula is C12H15NO4. The standard InChI is InChI=1S/C12H15NO4/c1-3-11(14)8(2)12(15)9-4-6-10(7-5-9)13(16)17/h4-8,12,15H,3H2,1-2H3. The highest BCUT2D eigenvalue weighted by Crippen LogP contribution is 2.25. The first-order valence-electron chi connectivity index (χ1n) is 5.42. The molecule has 0 aliphatic heterocycles. The molecule has 5 nitrogen and oxygen atoms in total. The van der Waals surface area contributed by atoms with Gasteiger partial charge < -0.3 is 5.11 Å². The summed E-state index contributed by atoms with van der Waals surface area (Å²) in [4.78, 5) is 21.4. The van der Waals surface area contributed by atoms with E-state index in [-0.39, 0.29) is 11.5 Å². The molecule has 2 atom stereocenters. The molecule has 0 aliphatic rings. The first-order chi connectivity index (χ1) is 7.97. The summed E-state index contributed by atoms with van der Waals surface area (Å²) in [5.74, 6) is -0.530. The Kier molecular flexibility index (Phi) is 4.34. The average molecular weight is 237 g/mol. The van der Waals surface area contributed by atoms with Crippen LogP contribution >= 0.6 is 0 Å². The van der Waals surface area contributed by atoms with Crippen LogP contribution in [-0.4, -0.2) is 15.8 Å². The Balaban J connectivity index is 2.86. The van der Waals surface area contributed by atoms with E-state index in [2.05, 4.69) is 0 Å². The van der Waals surface area contributed by atoms with Gasteiger partial charge in [0.25, 0.3) is 5.69 Å². The summed E-state index contributed by atoms with van der Waals surface area (Å²) in [7, 11) is 0. The molecule has 0 aromatic heterocycles. The molecule has 92 valence electrons. The van der Waals surface area contributed by atoms with Crippen molar-refractivity contribution in [3.05, 3.63) is 39.9 Å². The Morgan fingerprint density at radius 2 is 1.94 bits per heavy atom. The van der Waals surface area contributed by atoms with E-state index in [1.54, 1.807) is 13.8 Å². The zero-order valence-electron chi connectivity index (χ0n) is 9.79. The Morgan fingerprint density at radius 1 is 1.41 bits per heavy atom. The van der Waals surface area contributed by atoms with Crippen molar-refractivity contribution in [3.63, 3.8) is 0 Å². The van der Waals surface area contributed by atoms with Gasteiger partial charge in [0.2, 0.25) is 0 Å². The van der Waals surface area contributed by atoms with Crippen LogP contribution in [0.25, 0.3) is 0 Å². The Labute approximate surface area is 99.2 Å². The summed E-state index contributed by atoms with van der Waals surface area (Å²) >= 11 is 0. The van der Waals surface area contributed by atoms with Crippen LogP contribution in [0, 0.1) is 16.0 Å². The maximum atomic E-state index is 11.4. The SMILES string of the molecule is CCC(=O)C(C)C(O)c1ccc([N+](=O)[O-])cc1. The van der Waals surface area contributed by atoms with Gasteiger partial charge in [-0.05, 0) is 17.7 Å². The van der Waals surface area contributed by atoms with Crippen LogP contribution < -0.4 is 0 Å². The lowest BCUT2D eigenvalue weighted by Crippen LogP contribution is -2.18. The number of non-ortho nitro benzene ring substituents is 1. The minimum atomic E-state index is -0.914. The highest BCUT2D eigenvalue weighted by atomic mass is 16.6. The smallest absolute Gasteiger partial charge is 0.269 e. The molecule has 1 aromatic carbocycles. The van der Waals surface area contributed by atoms with Crippen molar-refractivity contribution in [3.8, 4) is 0 Å². The molecule has 0 spiro atoms. The lowest BCUT2D eigenvalue weighted by Gasteiger charge is -2.17.